The summed E-state index contributed by atoms with van der Waals surface area (Å²) in [6.07, 6.45) is 0.929. The van der Waals surface area contributed by atoms with Crippen molar-refractivity contribution in [3.8, 4) is 0 Å². The number of benzene rings is 1. The first-order chi connectivity index (χ1) is 6.56. The second-order valence-corrected chi connectivity index (χ2v) is 4.64. The SMILES string of the molecule is CCc1ccc(S)cc1C(Br)C(C)=O. The van der Waals surface area contributed by atoms with Crippen LogP contribution in [0.15, 0.2) is 23.1 Å². The molecule has 0 spiro atoms. The van der Waals surface area contributed by atoms with Crippen molar-refractivity contribution in [3.63, 3.8) is 0 Å². The molecule has 0 fully saturated rings. The Morgan fingerprint density at radius 1 is 1.57 bits per heavy atom. The number of aryl methyl sites for hydroxylation is 1. The van der Waals surface area contributed by atoms with Crippen molar-refractivity contribution < 1.29 is 4.79 Å². The smallest absolute Gasteiger partial charge is 0.147 e. The van der Waals surface area contributed by atoms with E-state index in [9.17, 15) is 4.79 Å². The molecule has 1 nitrogen and oxygen atoms in total. The van der Waals surface area contributed by atoms with Gasteiger partial charge in [-0.2, -0.15) is 0 Å². The fourth-order valence-electron chi connectivity index (χ4n) is 1.36. The van der Waals surface area contributed by atoms with Crippen molar-refractivity contribution >= 4 is 34.3 Å². The number of hydrogen-bond acceptors (Lipinski definition) is 2. The molecule has 0 aliphatic rings. The molecule has 1 aromatic rings. The minimum absolute atomic E-state index is 0.124. The van der Waals surface area contributed by atoms with Crippen LogP contribution >= 0.6 is 28.6 Å². The molecule has 0 bridgehead atoms. The summed E-state index contributed by atoms with van der Waals surface area (Å²) in [5, 5.41) is 0. The number of Topliss-reactive ketones (excluding diaryl/α,β-unsaturated/α-hetero) is 1. The third-order valence-corrected chi connectivity index (χ3v) is 3.56. The summed E-state index contributed by atoms with van der Waals surface area (Å²) in [5.41, 5.74) is 2.23. The van der Waals surface area contributed by atoms with E-state index in [2.05, 4.69) is 35.5 Å². The highest BCUT2D eigenvalue weighted by Crippen LogP contribution is 2.29. The lowest BCUT2D eigenvalue weighted by atomic mass is 10.0. The van der Waals surface area contributed by atoms with Crippen LogP contribution in [0.4, 0.5) is 0 Å². The second kappa shape index (κ2) is 4.99. The van der Waals surface area contributed by atoms with Crippen molar-refractivity contribution in [2.24, 2.45) is 0 Å². The van der Waals surface area contributed by atoms with Gasteiger partial charge in [0.05, 0.1) is 4.83 Å². The monoisotopic (exact) mass is 272 g/mol. The highest BCUT2D eigenvalue weighted by atomic mass is 79.9. The maximum Gasteiger partial charge on any atom is 0.147 e. The third-order valence-electron chi connectivity index (χ3n) is 2.14. The van der Waals surface area contributed by atoms with E-state index >= 15 is 0 Å². The molecule has 0 aliphatic heterocycles. The summed E-state index contributed by atoms with van der Waals surface area (Å²) in [5.74, 6) is 0.124. The summed E-state index contributed by atoms with van der Waals surface area (Å²) in [7, 11) is 0. The fraction of sp³-hybridized carbons (Fsp3) is 0.364. The number of alkyl halides is 1. The average molecular weight is 273 g/mol. The summed E-state index contributed by atoms with van der Waals surface area (Å²) < 4.78 is 0. The van der Waals surface area contributed by atoms with E-state index in [-0.39, 0.29) is 10.6 Å². The largest absolute Gasteiger partial charge is 0.298 e. The van der Waals surface area contributed by atoms with E-state index in [0.717, 1.165) is 16.9 Å². The van der Waals surface area contributed by atoms with Gasteiger partial charge in [-0.05, 0) is 36.6 Å². The van der Waals surface area contributed by atoms with Crippen LogP contribution in [0, 0.1) is 0 Å². The highest BCUT2D eigenvalue weighted by Gasteiger charge is 2.15. The van der Waals surface area contributed by atoms with Crippen LogP contribution in [0.1, 0.15) is 29.8 Å². The average Bonchev–Trinajstić information content (AvgIpc) is 2.16. The highest BCUT2D eigenvalue weighted by molar-refractivity contribution is 9.09. The van der Waals surface area contributed by atoms with Gasteiger partial charge in [0.15, 0.2) is 0 Å². The molecule has 0 saturated heterocycles. The number of rotatable bonds is 3. The van der Waals surface area contributed by atoms with Crippen molar-refractivity contribution in [2.75, 3.05) is 0 Å². The van der Waals surface area contributed by atoms with Gasteiger partial charge >= 0.3 is 0 Å². The molecule has 1 unspecified atom stereocenters. The zero-order chi connectivity index (χ0) is 10.7. The minimum Gasteiger partial charge on any atom is -0.298 e. The van der Waals surface area contributed by atoms with Gasteiger partial charge in [0.2, 0.25) is 0 Å². The second-order valence-electron chi connectivity index (χ2n) is 3.21. The molecular formula is C11H13BrOS. The molecule has 0 heterocycles. The number of carbonyl (C=O) groups excluding carboxylic acids is 1. The molecule has 0 radical (unpaired) electrons. The zero-order valence-electron chi connectivity index (χ0n) is 8.25. The van der Waals surface area contributed by atoms with Crippen molar-refractivity contribution in [2.45, 2.75) is 30.0 Å². The van der Waals surface area contributed by atoms with Gasteiger partial charge in [0, 0.05) is 4.90 Å². The molecule has 0 saturated carbocycles. The van der Waals surface area contributed by atoms with Crippen LogP contribution in [-0.4, -0.2) is 5.78 Å². The Kier molecular flexibility index (Phi) is 4.20. The first-order valence-electron chi connectivity index (χ1n) is 4.52. The van der Waals surface area contributed by atoms with Crippen LogP contribution in [-0.2, 0) is 11.2 Å². The molecule has 3 heteroatoms. The number of halogens is 1. The normalized spacial score (nSPS) is 12.6. The van der Waals surface area contributed by atoms with Crippen LogP contribution in [0.25, 0.3) is 0 Å². The quantitative estimate of drug-likeness (QED) is 0.658. The van der Waals surface area contributed by atoms with Gasteiger partial charge < -0.3 is 0 Å². The Bertz CT molecular complexity index is 349. The molecule has 1 rings (SSSR count). The van der Waals surface area contributed by atoms with Gasteiger partial charge in [0.25, 0.3) is 0 Å². The van der Waals surface area contributed by atoms with Gasteiger partial charge in [-0.15, -0.1) is 12.6 Å². The summed E-state index contributed by atoms with van der Waals surface area (Å²) >= 11 is 7.66. The lowest BCUT2D eigenvalue weighted by Gasteiger charge is -2.12. The first-order valence-corrected chi connectivity index (χ1v) is 5.88. The molecule has 0 amide bonds. The van der Waals surface area contributed by atoms with E-state index in [0.29, 0.717) is 0 Å². The molecule has 1 aromatic carbocycles. The Hall–Kier alpha value is -0.280. The number of carbonyl (C=O) groups is 1. The topological polar surface area (TPSA) is 17.1 Å². The van der Waals surface area contributed by atoms with Gasteiger partial charge in [0.1, 0.15) is 5.78 Å². The molecular weight excluding hydrogens is 260 g/mol. The van der Waals surface area contributed by atoms with Crippen LogP contribution in [0.2, 0.25) is 0 Å². The van der Waals surface area contributed by atoms with E-state index in [1.165, 1.54) is 5.56 Å². The molecule has 0 aliphatic carbocycles. The van der Waals surface area contributed by atoms with Crippen LogP contribution in [0.5, 0.6) is 0 Å². The Balaban J connectivity index is 3.16. The molecule has 0 N–H and O–H groups in total. The lowest BCUT2D eigenvalue weighted by Crippen LogP contribution is -2.04. The molecule has 1 atom stereocenters. The predicted molar refractivity (Wildman–Crippen MR) is 65.4 cm³/mol. The van der Waals surface area contributed by atoms with Gasteiger partial charge in [-0.1, -0.05) is 28.9 Å². The molecule has 14 heavy (non-hydrogen) atoms. The zero-order valence-corrected chi connectivity index (χ0v) is 10.7. The molecule has 76 valence electrons. The summed E-state index contributed by atoms with van der Waals surface area (Å²) in [6.45, 7) is 3.67. The first kappa shape index (κ1) is 11.8. The van der Waals surface area contributed by atoms with Crippen molar-refractivity contribution in [1.82, 2.24) is 0 Å². The van der Waals surface area contributed by atoms with Crippen LogP contribution in [0.3, 0.4) is 0 Å². The Morgan fingerprint density at radius 2 is 2.21 bits per heavy atom. The maximum atomic E-state index is 11.3. The van der Waals surface area contributed by atoms with Crippen LogP contribution < -0.4 is 0 Å². The van der Waals surface area contributed by atoms with E-state index in [1.807, 2.05) is 18.2 Å². The molecule has 0 aromatic heterocycles. The maximum absolute atomic E-state index is 11.3. The van der Waals surface area contributed by atoms with E-state index in [1.54, 1.807) is 6.92 Å². The van der Waals surface area contributed by atoms with Gasteiger partial charge in [-0.3, -0.25) is 4.79 Å². The standard InChI is InChI=1S/C11H13BrOS/c1-3-8-4-5-9(14)6-10(8)11(12)7(2)13/h4-6,11,14H,3H2,1-2H3. The number of ketones is 1. The number of thiol groups is 1. The van der Waals surface area contributed by atoms with E-state index in [4.69, 9.17) is 0 Å². The van der Waals surface area contributed by atoms with Crippen molar-refractivity contribution in [1.29, 1.82) is 0 Å². The summed E-state index contributed by atoms with van der Waals surface area (Å²) in [6, 6.07) is 5.92. The van der Waals surface area contributed by atoms with Crippen molar-refractivity contribution in [3.05, 3.63) is 29.3 Å². The van der Waals surface area contributed by atoms with Gasteiger partial charge in [-0.25, -0.2) is 0 Å². The van der Waals surface area contributed by atoms with E-state index < -0.39 is 0 Å². The predicted octanol–water partition coefficient (Wildman–Crippen LogP) is 3.56. The Labute approximate surface area is 98.4 Å². The summed E-state index contributed by atoms with van der Waals surface area (Å²) in [4.78, 5) is 11.9. The fourth-order valence-corrected chi connectivity index (χ4v) is 2.00. The number of hydrogen-bond donors (Lipinski definition) is 1. The minimum atomic E-state index is -0.204. The Morgan fingerprint density at radius 3 is 2.71 bits per heavy atom. The third kappa shape index (κ3) is 2.61. The lowest BCUT2D eigenvalue weighted by molar-refractivity contribution is -0.116.